The topological polar surface area (TPSA) is 117 Å². The van der Waals surface area contributed by atoms with Gasteiger partial charge >= 0.3 is 0 Å². The van der Waals surface area contributed by atoms with Gasteiger partial charge < -0.3 is 19.7 Å². The van der Waals surface area contributed by atoms with Crippen molar-refractivity contribution in [2.45, 2.75) is 90.9 Å². The summed E-state index contributed by atoms with van der Waals surface area (Å²) in [4.78, 5) is 25.2. The summed E-state index contributed by atoms with van der Waals surface area (Å²) in [5.41, 5.74) is 5.21. The van der Waals surface area contributed by atoms with Crippen LogP contribution in [-0.4, -0.2) is 35.2 Å². The van der Waals surface area contributed by atoms with Crippen LogP contribution in [-0.2, 0) is 0 Å². The number of unbranched alkanes of at least 4 members (excludes halogenated alkanes) is 10. The van der Waals surface area contributed by atoms with Crippen LogP contribution in [0.4, 0.5) is 0 Å². The first-order valence-electron chi connectivity index (χ1n) is 14.0. The molecule has 4 N–H and O–H groups in total. The molecule has 0 atom stereocenters. The third-order valence-corrected chi connectivity index (χ3v) is 6.24. The summed E-state index contributed by atoms with van der Waals surface area (Å²) < 4.78 is 11.3. The predicted molar refractivity (Wildman–Crippen MR) is 149 cm³/mol. The molecule has 0 saturated carbocycles. The van der Waals surface area contributed by atoms with E-state index in [1.54, 1.807) is 0 Å². The van der Waals surface area contributed by atoms with Crippen molar-refractivity contribution in [3.63, 3.8) is 0 Å². The number of carbonyl (C=O) groups excluding carboxylic acids is 2. The van der Waals surface area contributed by atoms with E-state index in [2.05, 4.69) is 24.7 Å². The van der Waals surface area contributed by atoms with Gasteiger partial charge in [-0.2, -0.15) is 0 Å². The van der Waals surface area contributed by atoms with E-state index < -0.39 is 11.8 Å². The maximum atomic E-state index is 12.6. The first-order chi connectivity index (χ1) is 18.5. The van der Waals surface area contributed by atoms with E-state index in [0.29, 0.717) is 13.2 Å². The summed E-state index contributed by atoms with van der Waals surface area (Å²) in [5, 5.41) is 20.1. The van der Waals surface area contributed by atoms with Crippen LogP contribution < -0.4 is 20.3 Å². The first-order valence-corrected chi connectivity index (χ1v) is 14.0. The summed E-state index contributed by atoms with van der Waals surface area (Å²) in [6.45, 7) is 5.26. The van der Waals surface area contributed by atoms with Crippen LogP contribution in [0, 0.1) is 0 Å². The van der Waals surface area contributed by atoms with E-state index in [4.69, 9.17) is 9.47 Å². The molecule has 0 fully saturated rings. The third kappa shape index (κ3) is 11.3. The molecule has 0 aliphatic rings. The fourth-order valence-electron chi connectivity index (χ4n) is 3.93. The van der Waals surface area contributed by atoms with Gasteiger partial charge in [0.2, 0.25) is 0 Å². The summed E-state index contributed by atoms with van der Waals surface area (Å²) >= 11 is 0. The van der Waals surface area contributed by atoms with E-state index in [9.17, 15) is 19.8 Å². The van der Waals surface area contributed by atoms with Gasteiger partial charge in [-0.3, -0.25) is 20.4 Å². The molecular weight excluding hydrogens is 484 g/mol. The molecule has 2 aromatic rings. The molecule has 0 unspecified atom stereocenters. The average Bonchev–Trinajstić information content (AvgIpc) is 2.92. The molecule has 0 spiro atoms. The van der Waals surface area contributed by atoms with Crippen LogP contribution in [0.3, 0.4) is 0 Å². The van der Waals surface area contributed by atoms with Gasteiger partial charge in [0, 0.05) is 11.1 Å². The molecule has 210 valence electrons. The number of carbonyl (C=O) groups is 2. The van der Waals surface area contributed by atoms with Gasteiger partial charge in [-0.15, -0.1) is 0 Å². The number of phenolic OH excluding ortho intramolecular Hbond substituents is 2. The highest BCUT2D eigenvalue weighted by atomic mass is 16.5. The Balaban J connectivity index is 1.82. The number of phenols is 2. The fourth-order valence-corrected chi connectivity index (χ4v) is 3.93. The van der Waals surface area contributed by atoms with E-state index in [1.165, 1.54) is 74.9 Å². The Bertz CT molecular complexity index is 915. The van der Waals surface area contributed by atoms with Crippen LogP contribution in [0.15, 0.2) is 36.4 Å². The number of hydrogen-bond acceptors (Lipinski definition) is 6. The summed E-state index contributed by atoms with van der Waals surface area (Å²) in [7, 11) is 0. The number of ether oxygens (including phenoxy) is 2. The van der Waals surface area contributed by atoms with E-state index in [1.807, 2.05) is 0 Å². The highest BCUT2D eigenvalue weighted by Crippen LogP contribution is 2.28. The van der Waals surface area contributed by atoms with Crippen LogP contribution >= 0.6 is 0 Å². The van der Waals surface area contributed by atoms with Gasteiger partial charge in [0.1, 0.15) is 0 Å². The third-order valence-electron chi connectivity index (χ3n) is 6.24. The lowest BCUT2D eigenvalue weighted by molar-refractivity contribution is 0.0846. The Hall–Kier alpha value is -3.42. The van der Waals surface area contributed by atoms with Gasteiger partial charge in [-0.05, 0) is 49.2 Å². The van der Waals surface area contributed by atoms with Crippen molar-refractivity contribution in [3.8, 4) is 23.0 Å². The lowest BCUT2D eigenvalue weighted by Gasteiger charge is -2.12. The molecule has 0 bridgehead atoms. The van der Waals surface area contributed by atoms with Crippen molar-refractivity contribution < 1.29 is 29.3 Å². The summed E-state index contributed by atoms with van der Waals surface area (Å²) in [5.74, 6) is -0.753. The molecule has 8 nitrogen and oxygen atoms in total. The Morgan fingerprint density at radius 2 is 0.974 bits per heavy atom. The standard InChI is InChI=1S/C30H44N2O6/c1-3-5-7-9-11-13-19-37-27-21-23(15-17-25(27)33)29(35)31-32-30(36)24-16-18-26(34)28(22-24)38-20-14-12-10-8-6-4-2/h15-18,21-22,33-34H,3-14,19-20H2,1-2H3,(H,31,35)(H,32,36). The van der Waals surface area contributed by atoms with Gasteiger partial charge in [0.05, 0.1) is 13.2 Å². The number of rotatable bonds is 18. The molecule has 0 saturated heterocycles. The van der Waals surface area contributed by atoms with Crippen molar-refractivity contribution in [2.24, 2.45) is 0 Å². The summed E-state index contributed by atoms with van der Waals surface area (Å²) in [6, 6.07) is 8.57. The van der Waals surface area contributed by atoms with Crippen LogP contribution in [0.1, 0.15) is 112 Å². The smallest absolute Gasteiger partial charge is 0.269 e. The van der Waals surface area contributed by atoms with Crippen molar-refractivity contribution in [2.75, 3.05) is 13.2 Å². The Morgan fingerprint density at radius 1 is 0.605 bits per heavy atom. The Morgan fingerprint density at radius 3 is 1.37 bits per heavy atom. The minimum atomic E-state index is -0.555. The SMILES string of the molecule is CCCCCCCCOc1cc(C(=O)NNC(=O)c2ccc(O)c(OCCCCCCCC)c2)ccc1O. The lowest BCUT2D eigenvalue weighted by atomic mass is 10.1. The lowest BCUT2D eigenvalue weighted by Crippen LogP contribution is -2.41. The van der Waals surface area contributed by atoms with E-state index >= 15 is 0 Å². The number of amides is 2. The second-order valence-corrected chi connectivity index (χ2v) is 9.51. The van der Waals surface area contributed by atoms with Crippen molar-refractivity contribution in [3.05, 3.63) is 47.5 Å². The van der Waals surface area contributed by atoms with E-state index in [-0.39, 0.29) is 34.1 Å². The second kappa shape index (κ2) is 17.9. The maximum absolute atomic E-state index is 12.6. The first kappa shape index (κ1) is 30.8. The zero-order valence-electron chi connectivity index (χ0n) is 22.9. The molecule has 0 radical (unpaired) electrons. The number of nitrogens with one attached hydrogen (secondary N) is 2. The van der Waals surface area contributed by atoms with Gasteiger partial charge in [-0.25, -0.2) is 0 Å². The molecule has 2 rings (SSSR count). The van der Waals surface area contributed by atoms with Gasteiger partial charge in [-0.1, -0.05) is 78.1 Å². The van der Waals surface area contributed by atoms with E-state index in [0.717, 1.165) is 38.5 Å². The number of hydrogen-bond donors (Lipinski definition) is 4. The molecule has 0 aliphatic heterocycles. The molecule has 38 heavy (non-hydrogen) atoms. The summed E-state index contributed by atoms with van der Waals surface area (Å²) in [6.07, 6.45) is 13.4. The number of aromatic hydroxyl groups is 2. The fraction of sp³-hybridized carbons (Fsp3) is 0.533. The normalized spacial score (nSPS) is 10.7. The molecule has 0 heterocycles. The Kier molecular flexibility index (Phi) is 14.5. The minimum Gasteiger partial charge on any atom is -0.504 e. The van der Waals surface area contributed by atoms with Crippen LogP contribution in [0.5, 0.6) is 23.0 Å². The highest BCUT2D eigenvalue weighted by molar-refractivity contribution is 5.99. The van der Waals surface area contributed by atoms with Gasteiger partial charge in [0.15, 0.2) is 23.0 Å². The zero-order valence-corrected chi connectivity index (χ0v) is 22.9. The van der Waals surface area contributed by atoms with Crippen molar-refractivity contribution in [1.82, 2.24) is 10.9 Å². The molecule has 8 heteroatoms. The number of benzene rings is 2. The largest absolute Gasteiger partial charge is 0.504 e. The van der Waals surface area contributed by atoms with Crippen LogP contribution in [0.25, 0.3) is 0 Å². The molecule has 0 aromatic heterocycles. The zero-order chi connectivity index (χ0) is 27.6. The monoisotopic (exact) mass is 528 g/mol. The quantitative estimate of drug-likeness (QED) is 0.127. The number of hydrazine groups is 1. The molecule has 2 amide bonds. The minimum absolute atomic E-state index is 0.0471. The van der Waals surface area contributed by atoms with Crippen LogP contribution in [0.2, 0.25) is 0 Å². The van der Waals surface area contributed by atoms with Crippen molar-refractivity contribution >= 4 is 11.8 Å². The average molecular weight is 529 g/mol. The maximum Gasteiger partial charge on any atom is 0.269 e. The Labute approximate surface area is 226 Å². The second-order valence-electron chi connectivity index (χ2n) is 9.51. The van der Waals surface area contributed by atoms with Crippen molar-refractivity contribution in [1.29, 1.82) is 0 Å². The van der Waals surface area contributed by atoms with Gasteiger partial charge in [0.25, 0.3) is 11.8 Å². The predicted octanol–water partition coefficient (Wildman–Crippen LogP) is 6.65. The molecule has 0 aliphatic carbocycles. The highest BCUT2D eigenvalue weighted by Gasteiger charge is 2.14. The molecular formula is C30H44N2O6. The molecule has 2 aromatic carbocycles.